The number of carboxylic acid groups (broad SMARTS) is 1. The van der Waals surface area contributed by atoms with Gasteiger partial charge in [-0.2, -0.15) is 0 Å². The third-order valence-corrected chi connectivity index (χ3v) is 2.87. The number of rotatable bonds is 8. The Kier molecular flexibility index (Phi) is 6.07. The van der Waals surface area contributed by atoms with Gasteiger partial charge in [0, 0.05) is 13.2 Å². The predicted octanol–water partition coefficient (Wildman–Crippen LogP) is 0.553. The Hall–Kier alpha value is -1.14. The number of carboxylic acids is 1. The van der Waals surface area contributed by atoms with E-state index in [1.165, 1.54) is 0 Å². The maximum absolute atomic E-state index is 11.7. The summed E-state index contributed by atoms with van der Waals surface area (Å²) in [5, 5.41) is 11.6. The molecule has 0 aromatic heterocycles. The van der Waals surface area contributed by atoms with E-state index in [0.717, 1.165) is 12.8 Å². The molecule has 0 spiro atoms. The molecule has 1 aliphatic rings. The number of aliphatic carboxylic acids is 1. The number of hydrogen-bond donors (Lipinski definition) is 2. The second kappa shape index (κ2) is 7.33. The van der Waals surface area contributed by atoms with Crippen LogP contribution in [0.1, 0.15) is 32.6 Å². The van der Waals surface area contributed by atoms with Crippen LogP contribution in [-0.2, 0) is 19.1 Å². The molecule has 0 aromatic rings. The van der Waals surface area contributed by atoms with Crippen LogP contribution < -0.4 is 5.32 Å². The fraction of sp³-hybridized carbons (Fsp3) is 0.833. The Balaban J connectivity index is 2.36. The summed E-state index contributed by atoms with van der Waals surface area (Å²) in [5.41, 5.74) is -0.767. The van der Waals surface area contributed by atoms with Crippen molar-refractivity contribution in [3.8, 4) is 0 Å². The molecule has 2 N–H and O–H groups in total. The molecule has 6 nitrogen and oxygen atoms in total. The van der Waals surface area contributed by atoms with Gasteiger partial charge in [0.05, 0.1) is 18.6 Å². The van der Waals surface area contributed by atoms with Gasteiger partial charge in [0.2, 0.25) is 5.91 Å². The molecule has 1 rings (SSSR count). The third kappa shape index (κ3) is 5.01. The molecule has 104 valence electrons. The van der Waals surface area contributed by atoms with Crippen molar-refractivity contribution in [2.75, 3.05) is 26.4 Å². The van der Waals surface area contributed by atoms with Crippen molar-refractivity contribution in [3.63, 3.8) is 0 Å². The number of amides is 1. The van der Waals surface area contributed by atoms with Gasteiger partial charge >= 0.3 is 5.97 Å². The van der Waals surface area contributed by atoms with Crippen LogP contribution in [0.3, 0.4) is 0 Å². The van der Waals surface area contributed by atoms with Crippen molar-refractivity contribution in [1.82, 2.24) is 5.32 Å². The van der Waals surface area contributed by atoms with Gasteiger partial charge in [-0.3, -0.25) is 9.59 Å². The second-order valence-corrected chi connectivity index (χ2v) is 4.61. The van der Waals surface area contributed by atoms with Crippen LogP contribution in [0.25, 0.3) is 0 Å². The van der Waals surface area contributed by atoms with Crippen molar-refractivity contribution in [3.05, 3.63) is 0 Å². The molecular weight excluding hydrogens is 238 g/mol. The maximum atomic E-state index is 11.7. The summed E-state index contributed by atoms with van der Waals surface area (Å²) in [6.45, 7) is 3.29. The highest BCUT2D eigenvalue weighted by molar-refractivity contribution is 5.79. The van der Waals surface area contributed by atoms with E-state index in [4.69, 9.17) is 14.6 Å². The van der Waals surface area contributed by atoms with Gasteiger partial charge in [-0.15, -0.1) is 0 Å². The zero-order chi connectivity index (χ0) is 13.4. The van der Waals surface area contributed by atoms with Gasteiger partial charge in [0.25, 0.3) is 0 Å². The lowest BCUT2D eigenvalue weighted by molar-refractivity contribution is -0.139. The third-order valence-electron chi connectivity index (χ3n) is 2.87. The molecule has 1 fully saturated rings. The molecule has 0 aromatic carbocycles. The summed E-state index contributed by atoms with van der Waals surface area (Å²) in [4.78, 5) is 22.5. The van der Waals surface area contributed by atoms with Gasteiger partial charge in [0.15, 0.2) is 0 Å². The quantitative estimate of drug-likeness (QED) is 0.622. The molecule has 0 aliphatic carbocycles. The maximum Gasteiger partial charge on any atom is 0.305 e. The minimum atomic E-state index is -0.937. The van der Waals surface area contributed by atoms with Crippen LogP contribution in [0, 0.1) is 0 Å². The highest BCUT2D eigenvalue weighted by Crippen LogP contribution is 2.22. The molecule has 0 radical (unpaired) electrons. The van der Waals surface area contributed by atoms with Crippen molar-refractivity contribution in [2.24, 2.45) is 0 Å². The van der Waals surface area contributed by atoms with Crippen LogP contribution in [0.2, 0.25) is 0 Å². The molecule has 1 unspecified atom stereocenters. The first-order valence-electron chi connectivity index (χ1n) is 6.26. The molecule has 0 saturated carbocycles. The first kappa shape index (κ1) is 14.9. The summed E-state index contributed by atoms with van der Waals surface area (Å²) in [7, 11) is 0. The summed E-state index contributed by atoms with van der Waals surface area (Å²) in [6, 6.07) is 0. The lowest BCUT2D eigenvalue weighted by atomic mass is 9.94. The summed E-state index contributed by atoms with van der Waals surface area (Å²) in [5.74, 6) is -1.22. The van der Waals surface area contributed by atoms with E-state index in [2.05, 4.69) is 5.32 Å². The molecule has 1 saturated heterocycles. The average molecular weight is 259 g/mol. The molecule has 1 atom stereocenters. The van der Waals surface area contributed by atoms with Crippen molar-refractivity contribution in [2.45, 2.75) is 38.1 Å². The van der Waals surface area contributed by atoms with Crippen molar-refractivity contribution >= 4 is 11.9 Å². The molecule has 6 heteroatoms. The van der Waals surface area contributed by atoms with Gasteiger partial charge in [-0.05, 0) is 12.8 Å². The zero-order valence-electron chi connectivity index (χ0n) is 10.7. The van der Waals surface area contributed by atoms with Gasteiger partial charge in [-0.25, -0.2) is 0 Å². The molecule has 1 amide bonds. The normalized spacial score (nSPS) is 22.9. The predicted molar refractivity (Wildman–Crippen MR) is 64.3 cm³/mol. The fourth-order valence-electron chi connectivity index (χ4n) is 1.92. The lowest BCUT2D eigenvalue weighted by Crippen LogP contribution is -2.51. The van der Waals surface area contributed by atoms with E-state index in [0.29, 0.717) is 19.6 Å². The Morgan fingerprint density at radius 3 is 2.83 bits per heavy atom. The van der Waals surface area contributed by atoms with Gasteiger partial charge in [-0.1, -0.05) is 13.3 Å². The van der Waals surface area contributed by atoms with E-state index in [1.807, 2.05) is 6.92 Å². The topological polar surface area (TPSA) is 84.9 Å². The largest absolute Gasteiger partial charge is 0.481 e. The second-order valence-electron chi connectivity index (χ2n) is 4.61. The average Bonchev–Trinajstić information content (AvgIpc) is 2.71. The molecular formula is C12H21NO5. The molecule has 1 heterocycles. The smallest absolute Gasteiger partial charge is 0.305 e. The minimum absolute atomic E-state index is 0.0264. The zero-order valence-corrected chi connectivity index (χ0v) is 10.7. The molecule has 0 bridgehead atoms. The van der Waals surface area contributed by atoms with Crippen LogP contribution in [0.5, 0.6) is 0 Å². The van der Waals surface area contributed by atoms with Crippen molar-refractivity contribution < 1.29 is 24.2 Å². The Bertz CT molecular complexity index is 286. The fourth-order valence-corrected chi connectivity index (χ4v) is 1.92. The van der Waals surface area contributed by atoms with Crippen LogP contribution >= 0.6 is 0 Å². The Labute approximate surface area is 107 Å². The van der Waals surface area contributed by atoms with Crippen LogP contribution in [-0.4, -0.2) is 48.9 Å². The van der Waals surface area contributed by atoms with E-state index in [9.17, 15) is 9.59 Å². The summed E-state index contributed by atoms with van der Waals surface area (Å²) < 4.78 is 10.4. The van der Waals surface area contributed by atoms with E-state index >= 15 is 0 Å². The number of nitrogens with one attached hydrogen (secondary N) is 1. The molecule has 1 aliphatic heterocycles. The standard InChI is InChI=1S/C12H21NO5/c1-2-3-5-17-8-10(14)13-12(7-11(15)16)4-6-18-9-12/h2-9H2,1H3,(H,13,14)(H,15,16). The van der Waals surface area contributed by atoms with E-state index in [1.54, 1.807) is 0 Å². The summed E-state index contributed by atoms with van der Waals surface area (Å²) >= 11 is 0. The number of hydrogen-bond acceptors (Lipinski definition) is 4. The number of carbonyl (C=O) groups excluding carboxylic acids is 1. The monoisotopic (exact) mass is 259 g/mol. The minimum Gasteiger partial charge on any atom is -0.481 e. The first-order valence-corrected chi connectivity index (χ1v) is 6.26. The summed E-state index contributed by atoms with van der Waals surface area (Å²) in [6.07, 6.45) is 2.34. The van der Waals surface area contributed by atoms with Gasteiger partial charge < -0.3 is 19.9 Å². The first-order chi connectivity index (χ1) is 8.58. The van der Waals surface area contributed by atoms with Crippen LogP contribution in [0.4, 0.5) is 0 Å². The lowest BCUT2D eigenvalue weighted by Gasteiger charge is -2.26. The van der Waals surface area contributed by atoms with Crippen LogP contribution in [0.15, 0.2) is 0 Å². The highest BCUT2D eigenvalue weighted by Gasteiger charge is 2.38. The number of ether oxygens (including phenoxy) is 2. The molecule has 18 heavy (non-hydrogen) atoms. The van der Waals surface area contributed by atoms with Crippen molar-refractivity contribution in [1.29, 1.82) is 0 Å². The number of carbonyl (C=O) groups is 2. The number of unbranched alkanes of at least 4 members (excludes halogenated alkanes) is 1. The Morgan fingerprint density at radius 2 is 2.28 bits per heavy atom. The van der Waals surface area contributed by atoms with E-state index in [-0.39, 0.29) is 25.5 Å². The highest BCUT2D eigenvalue weighted by atomic mass is 16.5. The van der Waals surface area contributed by atoms with Gasteiger partial charge in [0.1, 0.15) is 6.61 Å². The van der Waals surface area contributed by atoms with E-state index < -0.39 is 11.5 Å². The SMILES string of the molecule is CCCCOCC(=O)NC1(CC(=O)O)CCOC1. The Morgan fingerprint density at radius 1 is 1.50 bits per heavy atom.